The second-order valence-corrected chi connectivity index (χ2v) is 5.71. The van der Waals surface area contributed by atoms with Crippen LogP contribution in [-0.4, -0.2) is 29.4 Å². The molecule has 1 saturated heterocycles. The van der Waals surface area contributed by atoms with Gasteiger partial charge in [-0.15, -0.1) is 0 Å². The van der Waals surface area contributed by atoms with Crippen molar-refractivity contribution in [1.82, 2.24) is 4.90 Å². The number of carbonyl (C=O) groups excluding carboxylic acids is 1. The number of hydrogen-bond donors (Lipinski definition) is 1. The summed E-state index contributed by atoms with van der Waals surface area (Å²) < 4.78 is 0. The number of rotatable bonds is 3. The van der Waals surface area contributed by atoms with Gasteiger partial charge in [-0.05, 0) is 38.0 Å². The number of piperidine rings is 1. The monoisotopic (exact) mass is 238 g/mol. The molecule has 1 heterocycles. The minimum Gasteiger partial charge on any atom is -0.339 e. The summed E-state index contributed by atoms with van der Waals surface area (Å²) in [5, 5.41) is 0. The molecule has 3 heteroatoms. The van der Waals surface area contributed by atoms with Gasteiger partial charge in [0.2, 0.25) is 5.91 Å². The number of carbonyl (C=O) groups is 1. The molecule has 0 bridgehead atoms. The fourth-order valence-electron chi connectivity index (χ4n) is 3.42. The van der Waals surface area contributed by atoms with Gasteiger partial charge in [0.25, 0.3) is 0 Å². The van der Waals surface area contributed by atoms with E-state index in [4.69, 9.17) is 5.73 Å². The van der Waals surface area contributed by atoms with Crippen LogP contribution in [0.4, 0.5) is 0 Å². The lowest BCUT2D eigenvalue weighted by atomic mass is 9.78. The maximum absolute atomic E-state index is 12.3. The fourth-order valence-corrected chi connectivity index (χ4v) is 3.42. The van der Waals surface area contributed by atoms with E-state index in [-0.39, 0.29) is 6.04 Å². The van der Waals surface area contributed by atoms with Gasteiger partial charge in [0.05, 0.1) is 0 Å². The van der Waals surface area contributed by atoms with Crippen LogP contribution in [0.3, 0.4) is 0 Å². The van der Waals surface area contributed by atoms with Crippen molar-refractivity contribution in [2.75, 3.05) is 6.54 Å². The minimum absolute atomic E-state index is 0.0477. The molecule has 98 valence electrons. The van der Waals surface area contributed by atoms with Gasteiger partial charge in [-0.1, -0.05) is 19.8 Å². The number of likely N-dealkylation sites (tertiary alicyclic amines) is 1. The van der Waals surface area contributed by atoms with Crippen LogP contribution in [0.15, 0.2) is 0 Å². The molecule has 3 atom stereocenters. The number of amides is 1. The van der Waals surface area contributed by atoms with Gasteiger partial charge in [0.15, 0.2) is 0 Å². The molecular weight excluding hydrogens is 212 g/mol. The van der Waals surface area contributed by atoms with Crippen molar-refractivity contribution in [1.29, 1.82) is 0 Å². The Morgan fingerprint density at radius 1 is 1.29 bits per heavy atom. The highest BCUT2D eigenvalue weighted by Crippen LogP contribution is 2.35. The van der Waals surface area contributed by atoms with Crippen molar-refractivity contribution in [2.45, 2.75) is 70.4 Å². The van der Waals surface area contributed by atoms with Crippen LogP contribution in [0.2, 0.25) is 0 Å². The predicted octanol–water partition coefficient (Wildman–Crippen LogP) is 2.29. The average Bonchev–Trinajstić information content (AvgIpc) is 2.37. The van der Waals surface area contributed by atoms with Gasteiger partial charge in [-0.3, -0.25) is 4.79 Å². The lowest BCUT2D eigenvalue weighted by molar-refractivity contribution is -0.137. The predicted molar refractivity (Wildman–Crippen MR) is 69.6 cm³/mol. The van der Waals surface area contributed by atoms with Crippen LogP contribution in [-0.2, 0) is 4.79 Å². The second-order valence-electron chi connectivity index (χ2n) is 5.71. The van der Waals surface area contributed by atoms with E-state index >= 15 is 0 Å². The summed E-state index contributed by atoms with van der Waals surface area (Å²) in [4.78, 5) is 14.4. The molecule has 3 nitrogen and oxygen atoms in total. The van der Waals surface area contributed by atoms with Crippen LogP contribution >= 0.6 is 0 Å². The molecule has 1 amide bonds. The smallest absolute Gasteiger partial charge is 0.224 e. The van der Waals surface area contributed by atoms with Crippen molar-refractivity contribution in [2.24, 2.45) is 11.7 Å². The zero-order chi connectivity index (χ0) is 12.3. The van der Waals surface area contributed by atoms with Gasteiger partial charge in [-0.2, -0.15) is 0 Å². The molecule has 2 rings (SSSR count). The number of hydrogen-bond acceptors (Lipinski definition) is 2. The highest BCUT2D eigenvalue weighted by Gasteiger charge is 2.35. The van der Waals surface area contributed by atoms with E-state index < -0.39 is 0 Å². The molecule has 1 aliphatic carbocycles. The first-order valence-corrected chi connectivity index (χ1v) is 7.27. The summed E-state index contributed by atoms with van der Waals surface area (Å²) in [7, 11) is 0. The van der Waals surface area contributed by atoms with E-state index in [1.54, 1.807) is 0 Å². The van der Waals surface area contributed by atoms with Crippen LogP contribution in [0.25, 0.3) is 0 Å². The summed E-state index contributed by atoms with van der Waals surface area (Å²) >= 11 is 0. The molecule has 2 N–H and O–H groups in total. The third-order valence-corrected chi connectivity index (χ3v) is 4.52. The molecule has 2 fully saturated rings. The minimum atomic E-state index is 0.0477. The zero-order valence-electron chi connectivity index (χ0n) is 11.0. The molecule has 1 aliphatic heterocycles. The van der Waals surface area contributed by atoms with E-state index in [9.17, 15) is 4.79 Å². The van der Waals surface area contributed by atoms with Gasteiger partial charge < -0.3 is 10.6 Å². The first kappa shape index (κ1) is 12.9. The standard InChI is InChI=1S/C14H26N2O/c1-2-12(15)10-14(17)16-9-5-7-11-6-3-4-8-13(11)16/h11-13H,2-10,15H2,1H3/t11-,12?,13-/m1/s1. The van der Waals surface area contributed by atoms with Gasteiger partial charge in [0.1, 0.15) is 0 Å². The molecule has 0 aromatic heterocycles. The van der Waals surface area contributed by atoms with Crippen molar-refractivity contribution >= 4 is 5.91 Å². The van der Waals surface area contributed by atoms with E-state index in [2.05, 4.69) is 11.8 Å². The van der Waals surface area contributed by atoms with Crippen LogP contribution < -0.4 is 5.73 Å². The Morgan fingerprint density at radius 3 is 2.76 bits per heavy atom. The Kier molecular flexibility index (Phi) is 4.43. The third-order valence-electron chi connectivity index (χ3n) is 4.52. The highest BCUT2D eigenvalue weighted by molar-refractivity contribution is 5.77. The molecule has 0 aromatic carbocycles. The third kappa shape index (κ3) is 3.01. The summed E-state index contributed by atoms with van der Waals surface area (Å²) in [5.41, 5.74) is 5.90. The normalized spacial score (nSPS) is 30.8. The van der Waals surface area contributed by atoms with E-state index in [0.29, 0.717) is 18.4 Å². The lowest BCUT2D eigenvalue weighted by Crippen LogP contribution is -2.50. The van der Waals surface area contributed by atoms with Crippen molar-refractivity contribution in [3.63, 3.8) is 0 Å². The van der Waals surface area contributed by atoms with E-state index in [1.165, 1.54) is 38.5 Å². The number of fused-ring (bicyclic) bond motifs is 1. The Bertz CT molecular complexity index is 265. The number of nitrogens with zero attached hydrogens (tertiary/aromatic N) is 1. The van der Waals surface area contributed by atoms with Crippen molar-refractivity contribution in [3.8, 4) is 0 Å². The van der Waals surface area contributed by atoms with Gasteiger partial charge in [0, 0.05) is 25.0 Å². The quantitative estimate of drug-likeness (QED) is 0.820. The van der Waals surface area contributed by atoms with Gasteiger partial charge in [-0.25, -0.2) is 0 Å². The Hall–Kier alpha value is -0.570. The first-order valence-electron chi connectivity index (χ1n) is 7.27. The molecule has 0 spiro atoms. The number of nitrogens with two attached hydrogens (primary N) is 1. The lowest BCUT2D eigenvalue weighted by Gasteiger charge is -2.44. The van der Waals surface area contributed by atoms with Crippen molar-refractivity contribution in [3.05, 3.63) is 0 Å². The maximum atomic E-state index is 12.3. The SMILES string of the molecule is CCC(N)CC(=O)N1CCC[C@H]2CCCC[C@H]21. The van der Waals surface area contributed by atoms with Crippen LogP contribution in [0.5, 0.6) is 0 Å². The Morgan fingerprint density at radius 2 is 2.00 bits per heavy atom. The largest absolute Gasteiger partial charge is 0.339 e. The molecule has 1 saturated carbocycles. The maximum Gasteiger partial charge on any atom is 0.224 e. The first-order chi connectivity index (χ1) is 8.22. The zero-order valence-corrected chi connectivity index (χ0v) is 11.0. The fraction of sp³-hybridized carbons (Fsp3) is 0.929. The summed E-state index contributed by atoms with van der Waals surface area (Å²) in [5.74, 6) is 1.08. The van der Waals surface area contributed by atoms with Crippen molar-refractivity contribution < 1.29 is 4.79 Å². The molecule has 2 aliphatic rings. The average molecular weight is 238 g/mol. The molecule has 0 aromatic rings. The van der Waals surface area contributed by atoms with Crippen LogP contribution in [0.1, 0.15) is 58.3 Å². The van der Waals surface area contributed by atoms with Gasteiger partial charge >= 0.3 is 0 Å². The molecular formula is C14H26N2O. The second kappa shape index (κ2) is 5.85. The summed E-state index contributed by atoms with van der Waals surface area (Å²) in [6, 6.07) is 0.584. The molecule has 1 unspecified atom stereocenters. The van der Waals surface area contributed by atoms with E-state index in [0.717, 1.165) is 18.9 Å². The topological polar surface area (TPSA) is 46.3 Å². The highest BCUT2D eigenvalue weighted by atomic mass is 16.2. The van der Waals surface area contributed by atoms with E-state index in [1.807, 2.05) is 0 Å². The Labute approximate surface area is 105 Å². The van der Waals surface area contributed by atoms with Crippen LogP contribution in [0, 0.1) is 5.92 Å². The molecule has 0 radical (unpaired) electrons. The summed E-state index contributed by atoms with van der Waals surface area (Å²) in [6.45, 7) is 3.02. The summed E-state index contributed by atoms with van der Waals surface area (Å²) in [6.07, 6.45) is 9.16. The molecule has 17 heavy (non-hydrogen) atoms. The Balaban J connectivity index is 1.95.